The van der Waals surface area contributed by atoms with Crippen LogP contribution in [0.3, 0.4) is 0 Å². The zero-order valence-corrected chi connectivity index (χ0v) is 57.5. The zero-order valence-electron chi connectivity index (χ0n) is 57.5. The second-order valence-corrected chi connectivity index (χ2v) is 28.3. The minimum Gasteiger partial charge on any atom is -0.309 e. The van der Waals surface area contributed by atoms with Gasteiger partial charge in [-0.05, 0) is 225 Å². The number of rotatable bonds is 13. The van der Waals surface area contributed by atoms with Crippen molar-refractivity contribution < 1.29 is 0 Å². The molecule has 0 saturated carbocycles. The smallest absolute Gasteiger partial charge is 0.0713 e. The monoisotopic (exact) mass is 1320 g/mol. The van der Waals surface area contributed by atoms with Crippen LogP contribution in [0, 0.1) is 5.92 Å². The average molecular weight is 1320 g/mol. The maximum Gasteiger partial charge on any atom is 0.0713 e. The molecule has 3 aliphatic carbocycles. The van der Waals surface area contributed by atoms with Gasteiger partial charge in [0, 0.05) is 32.9 Å². The van der Waals surface area contributed by atoms with Crippen LogP contribution in [0.1, 0.15) is 50.9 Å². The van der Waals surface area contributed by atoms with Crippen molar-refractivity contribution in [1.82, 2.24) is 9.13 Å². The first-order chi connectivity index (χ1) is 51.4. The summed E-state index contributed by atoms with van der Waals surface area (Å²) in [5.41, 5.74) is 34.1. The zero-order chi connectivity index (χ0) is 69.0. The van der Waals surface area contributed by atoms with Gasteiger partial charge in [0.05, 0.1) is 32.9 Å². The Morgan fingerprint density at radius 1 is 0.288 bits per heavy atom. The Balaban J connectivity index is 0.722. The highest BCUT2D eigenvalue weighted by atomic mass is 15.0. The van der Waals surface area contributed by atoms with E-state index in [-0.39, 0.29) is 5.92 Å². The molecule has 20 rings (SSSR count). The number of nitrogens with zero attached hydrogens (tertiary/aromatic N) is 2. The van der Waals surface area contributed by atoms with Gasteiger partial charge in [-0.1, -0.05) is 310 Å². The van der Waals surface area contributed by atoms with Gasteiger partial charge in [0.15, 0.2) is 0 Å². The van der Waals surface area contributed by atoms with Crippen LogP contribution in [0.25, 0.3) is 139 Å². The van der Waals surface area contributed by atoms with Crippen molar-refractivity contribution in [3.63, 3.8) is 0 Å². The van der Waals surface area contributed by atoms with Gasteiger partial charge in [-0.3, -0.25) is 0 Å². The van der Waals surface area contributed by atoms with Crippen LogP contribution in [-0.2, 0) is 10.8 Å². The second kappa shape index (κ2) is 24.3. The van der Waals surface area contributed by atoms with Crippen molar-refractivity contribution in [3.05, 3.63) is 439 Å². The molecule has 488 valence electrons. The van der Waals surface area contributed by atoms with E-state index in [0.717, 1.165) is 62.1 Å². The minimum absolute atomic E-state index is 0.192. The number of allylic oxidation sites excluding steroid dienone is 5. The highest BCUT2D eigenvalue weighted by molar-refractivity contribution is 6.14. The third-order valence-corrected chi connectivity index (χ3v) is 23.0. The lowest BCUT2D eigenvalue weighted by Gasteiger charge is -2.40. The van der Waals surface area contributed by atoms with E-state index >= 15 is 0 Å². The highest BCUT2D eigenvalue weighted by Crippen LogP contribution is 2.60. The average Bonchev–Trinajstić information content (AvgIpc) is 1.54. The molecule has 3 unspecified atom stereocenters. The molecule has 2 heterocycles. The number of benzene rings is 15. The van der Waals surface area contributed by atoms with E-state index in [1.807, 2.05) is 12.2 Å². The molecule has 0 bridgehead atoms. The summed E-state index contributed by atoms with van der Waals surface area (Å²) in [5, 5.41) is 4.80. The van der Waals surface area contributed by atoms with Crippen LogP contribution < -0.4 is 0 Å². The fraction of sp³-hybridized carbons (Fsp3) is 0.0392. The summed E-state index contributed by atoms with van der Waals surface area (Å²) in [7, 11) is 0. The van der Waals surface area contributed by atoms with Gasteiger partial charge in [-0.2, -0.15) is 0 Å². The van der Waals surface area contributed by atoms with Gasteiger partial charge in [0.2, 0.25) is 0 Å². The summed E-state index contributed by atoms with van der Waals surface area (Å²) in [6.45, 7) is 8.24. The maximum absolute atomic E-state index is 4.14. The Hall–Kier alpha value is -13.1. The topological polar surface area (TPSA) is 9.86 Å². The van der Waals surface area contributed by atoms with E-state index in [9.17, 15) is 0 Å². The van der Waals surface area contributed by atoms with Gasteiger partial charge in [-0.25, -0.2) is 0 Å². The molecule has 0 fully saturated rings. The molecule has 2 heteroatoms. The van der Waals surface area contributed by atoms with Crippen molar-refractivity contribution in [2.24, 2.45) is 5.92 Å². The van der Waals surface area contributed by atoms with Gasteiger partial charge < -0.3 is 9.13 Å². The number of fused-ring (bicyclic) bond motifs is 12. The predicted octanol–water partition coefficient (Wildman–Crippen LogP) is 26.2. The van der Waals surface area contributed by atoms with Crippen molar-refractivity contribution in [3.8, 4) is 89.3 Å². The third-order valence-electron chi connectivity index (χ3n) is 23.0. The molecular weight excluding hydrogens is 1250 g/mol. The molecule has 2 nitrogen and oxygen atoms in total. The van der Waals surface area contributed by atoms with Crippen LogP contribution in [0.4, 0.5) is 0 Å². The summed E-state index contributed by atoms with van der Waals surface area (Å²) in [5.74, 6) is 0.192. The molecule has 0 amide bonds. The predicted molar refractivity (Wildman–Crippen MR) is 437 cm³/mol. The SMILES string of the molecule is C=CC1=CCC(C2(c3ccccc3)c3ccccc3-c3ccc(-c4cccc(-n5c6ccc(-c7ccccc7)cc6c6cc(-c7ccc8c(c7)c7cc(-c9ccccc9)ccc7n8-c7cccc(-c8ccc9c(c8)C(c8ccccc8)(c8ccc(C=C)cc8)c8ccccc8-9)c7)ccc65)c4)cc32)C=C1. The van der Waals surface area contributed by atoms with Gasteiger partial charge >= 0.3 is 0 Å². The number of hydrogen-bond acceptors (Lipinski definition) is 0. The van der Waals surface area contributed by atoms with Crippen LogP contribution in [-0.4, -0.2) is 9.13 Å². The summed E-state index contributed by atoms with van der Waals surface area (Å²) in [6.07, 6.45) is 11.9. The van der Waals surface area contributed by atoms with Gasteiger partial charge in [0.25, 0.3) is 0 Å². The molecule has 3 atom stereocenters. The summed E-state index contributed by atoms with van der Waals surface area (Å²) in [6, 6.07) is 132. The summed E-state index contributed by atoms with van der Waals surface area (Å²) >= 11 is 0. The van der Waals surface area contributed by atoms with E-state index in [2.05, 4.69) is 392 Å². The molecule has 0 saturated heterocycles. The van der Waals surface area contributed by atoms with E-state index in [1.54, 1.807) is 0 Å². The van der Waals surface area contributed by atoms with Crippen LogP contribution in [0.15, 0.2) is 395 Å². The van der Waals surface area contributed by atoms with Crippen LogP contribution in [0.5, 0.6) is 0 Å². The number of hydrogen-bond donors (Lipinski definition) is 0. The van der Waals surface area contributed by atoms with Crippen LogP contribution in [0.2, 0.25) is 0 Å². The van der Waals surface area contributed by atoms with Crippen LogP contribution >= 0.6 is 0 Å². The Morgan fingerprint density at radius 2 is 0.673 bits per heavy atom. The molecule has 104 heavy (non-hydrogen) atoms. The van der Waals surface area contributed by atoms with E-state index in [1.165, 1.54) is 127 Å². The van der Waals surface area contributed by atoms with E-state index in [4.69, 9.17) is 0 Å². The highest BCUT2D eigenvalue weighted by Gasteiger charge is 2.50. The Labute approximate surface area is 606 Å². The lowest BCUT2D eigenvalue weighted by atomic mass is 9.62. The summed E-state index contributed by atoms with van der Waals surface area (Å²) < 4.78 is 4.97. The van der Waals surface area contributed by atoms with E-state index in [0.29, 0.717) is 0 Å². The van der Waals surface area contributed by atoms with Crippen molar-refractivity contribution in [1.29, 1.82) is 0 Å². The first kappa shape index (κ1) is 60.8. The first-order valence-corrected chi connectivity index (χ1v) is 36.3. The lowest BCUT2D eigenvalue weighted by molar-refractivity contribution is 0.456. The van der Waals surface area contributed by atoms with Crippen molar-refractivity contribution in [2.75, 3.05) is 0 Å². The number of aromatic nitrogens is 2. The molecule has 3 aliphatic rings. The summed E-state index contributed by atoms with van der Waals surface area (Å²) in [4.78, 5) is 0. The Bertz CT molecular complexity index is 6400. The standard InChI is InChI=1S/C102H70N2/c1-3-67-39-49-81(50-40-67)101(79-29-13-7-14-30-79)93-37-19-17-35-85(93)87-53-43-77(65-95(87)101)71-27-21-33-83(59-71)103-97-55-45-73(69-23-9-5-10-24-69)61-89(97)91-63-75(47-57-99(91)103)76-48-58-100-92(64-76)90-62-74(70-25-11-6-12-26-70)46-56-98(90)104(100)84-34-22-28-72(60-84)78-44-54-88-86-36-18-20-38-94(86)102(96(88)66-78,80-31-15-8-16-32-80)82-51-41-68(4-2)42-52-82/h3-51,53-66,82H,1-2,52H2. The quantitative estimate of drug-likeness (QED) is 0.109. The maximum atomic E-state index is 4.14. The molecule has 17 aromatic rings. The lowest BCUT2D eigenvalue weighted by Crippen LogP contribution is -2.35. The van der Waals surface area contributed by atoms with Gasteiger partial charge in [-0.15, -0.1) is 0 Å². The normalized spacial score (nSPS) is 16.3. The Kier molecular flexibility index (Phi) is 14.2. The first-order valence-electron chi connectivity index (χ1n) is 36.3. The molecule has 0 aliphatic heterocycles. The molecule has 2 aromatic heterocycles. The van der Waals surface area contributed by atoms with Gasteiger partial charge in [0.1, 0.15) is 0 Å². The third kappa shape index (κ3) is 9.35. The Morgan fingerprint density at radius 3 is 1.16 bits per heavy atom. The van der Waals surface area contributed by atoms with E-state index < -0.39 is 10.8 Å². The molecular formula is C102H70N2. The molecule has 0 radical (unpaired) electrons. The molecule has 15 aromatic carbocycles. The second-order valence-electron chi connectivity index (χ2n) is 28.3. The molecule has 0 spiro atoms. The molecule has 0 N–H and O–H groups in total. The van der Waals surface area contributed by atoms with Crippen molar-refractivity contribution in [2.45, 2.75) is 17.3 Å². The fourth-order valence-electron chi connectivity index (χ4n) is 18.3. The van der Waals surface area contributed by atoms with Crippen molar-refractivity contribution >= 4 is 49.7 Å². The largest absolute Gasteiger partial charge is 0.309 e. The minimum atomic E-state index is -0.542. The fourth-order valence-corrected chi connectivity index (χ4v) is 18.3.